The van der Waals surface area contributed by atoms with E-state index in [1.165, 1.54) is 16.9 Å². The summed E-state index contributed by atoms with van der Waals surface area (Å²) >= 11 is 1.37. The number of hydrogen-bond donors (Lipinski definition) is 1. The number of nitrogens with one attached hydrogen (secondary N) is 1. The van der Waals surface area contributed by atoms with Crippen LogP contribution in [0.4, 0.5) is 5.13 Å². The summed E-state index contributed by atoms with van der Waals surface area (Å²) in [6, 6.07) is 25.4. The Morgan fingerprint density at radius 1 is 0.933 bits per heavy atom. The van der Waals surface area contributed by atoms with E-state index in [-0.39, 0.29) is 5.91 Å². The van der Waals surface area contributed by atoms with Crippen LogP contribution in [0.2, 0.25) is 0 Å². The van der Waals surface area contributed by atoms with E-state index in [0.29, 0.717) is 29.5 Å². The molecule has 6 heteroatoms. The van der Waals surface area contributed by atoms with E-state index in [4.69, 9.17) is 4.74 Å². The van der Waals surface area contributed by atoms with Crippen LogP contribution in [0.3, 0.4) is 0 Å². The molecule has 0 fully saturated rings. The summed E-state index contributed by atoms with van der Waals surface area (Å²) in [5.41, 5.74) is 3.84. The van der Waals surface area contributed by atoms with Crippen molar-refractivity contribution in [3.63, 3.8) is 0 Å². The fourth-order valence-corrected chi connectivity index (χ4v) is 3.82. The third-order valence-corrected chi connectivity index (χ3v) is 5.33. The van der Waals surface area contributed by atoms with Gasteiger partial charge in [0.05, 0.1) is 5.56 Å². The van der Waals surface area contributed by atoms with Gasteiger partial charge < -0.3 is 4.74 Å². The molecule has 150 valence electrons. The van der Waals surface area contributed by atoms with Crippen molar-refractivity contribution in [2.75, 3.05) is 5.32 Å². The lowest BCUT2D eigenvalue weighted by Crippen LogP contribution is -2.13. The van der Waals surface area contributed by atoms with Crippen LogP contribution in [-0.2, 0) is 13.0 Å². The molecule has 0 radical (unpaired) electrons. The van der Waals surface area contributed by atoms with Crippen molar-refractivity contribution >= 4 is 22.4 Å². The van der Waals surface area contributed by atoms with Gasteiger partial charge in [0.25, 0.3) is 5.91 Å². The Balaban J connectivity index is 1.42. The fourth-order valence-electron chi connectivity index (χ4n) is 3.05. The number of anilines is 1. The van der Waals surface area contributed by atoms with Crippen molar-refractivity contribution in [2.24, 2.45) is 0 Å². The zero-order chi connectivity index (χ0) is 20.8. The molecule has 0 spiro atoms. The molecule has 1 aromatic heterocycles. The van der Waals surface area contributed by atoms with Crippen LogP contribution in [-0.4, -0.2) is 16.1 Å². The standard InChI is InChI=1S/C24H21N3O2S/c1-17-8-7-11-19(14-17)16-29-21-13-6-5-12-20(21)23(28)25-24-27-26-22(30-24)15-18-9-3-2-4-10-18/h2-14H,15-16H2,1H3,(H,25,27,28). The number of carbonyl (C=O) groups excluding carboxylic acids is 1. The summed E-state index contributed by atoms with van der Waals surface area (Å²) in [6.07, 6.45) is 0.685. The largest absolute Gasteiger partial charge is 0.488 e. The van der Waals surface area contributed by atoms with E-state index in [1.54, 1.807) is 12.1 Å². The van der Waals surface area contributed by atoms with Crippen molar-refractivity contribution in [1.82, 2.24) is 10.2 Å². The highest BCUT2D eigenvalue weighted by Gasteiger charge is 2.15. The Hall–Kier alpha value is -3.51. The first-order valence-corrected chi connectivity index (χ1v) is 10.4. The smallest absolute Gasteiger partial charge is 0.261 e. The zero-order valence-electron chi connectivity index (χ0n) is 16.5. The molecule has 0 bridgehead atoms. The topological polar surface area (TPSA) is 64.1 Å². The molecule has 1 heterocycles. The second-order valence-corrected chi connectivity index (χ2v) is 7.95. The van der Waals surface area contributed by atoms with Crippen molar-refractivity contribution < 1.29 is 9.53 Å². The Morgan fingerprint density at radius 2 is 1.70 bits per heavy atom. The number of ether oxygens (including phenoxy) is 1. The molecule has 4 rings (SSSR count). The summed E-state index contributed by atoms with van der Waals surface area (Å²) in [7, 11) is 0. The Bertz CT molecular complexity index is 1140. The van der Waals surface area contributed by atoms with Crippen molar-refractivity contribution in [2.45, 2.75) is 20.0 Å². The lowest BCUT2D eigenvalue weighted by atomic mass is 10.1. The summed E-state index contributed by atoms with van der Waals surface area (Å²) in [6.45, 7) is 2.44. The van der Waals surface area contributed by atoms with E-state index in [9.17, 15) is 4.79 Å². The molecule has 0 aliphatic heterocycles. The summed E-state index contributed by atoms with van der Waals surface area (Å²) in [5, 5.41) is 12.5. The molecule has 1 N–H and O–H groups in total. The van der Waals surface area contributed by atoms with E-state index in [1.807, 2.05) is 67.6 Å². The lowest BCUT2D eigenvalue weighted by molar-refractivity contribution is 0.102. The van der Waals surface area contributed by atoms with Gasteiger partial charge >= 0.3 is 0 Å². The number of benzene rings is 3. The molecule has 0 atom stereocenters. The minimum Gasteiger partial charge on any atom is -0.488 e. The van der Waals surface area contributed by atoms with Gasteiger partial charge in [0.2, 0.25) is 5.13 Å². The molecule has 0 aliphatic rings. The van der Waals surface area contributed by atoms with Gasteiger partial charge in [-0.15, -0.1) is 10.2 Å². The highest BCUT2D eigenvalue weighted by Crippen LogP contribution is 2.23. The van der Waals surface area contributed by atoms with Crippen molar-refractivity contribution in [3.05, 3.63) is 106 Å². The van der Waals surface area contributed by atoms with Crippen LogP contribution in [0.5, 0.6) is 5.75 Å². The number of hydrogen-bond acceptors (Lipinski definition) is 5. The molecule has 4 aromatic rings. The second-order valence-electron chi connectivity index (χ2n) is 6.89. The van der Waals surface area contributed by atoms with Gasteiger partial charge in [-0.1, -0.05) is 83.6 Å². The molecule has 1 amide bonds. The van der Waals surface area contributed by atoms with Crippen LogP contribution >= 0.6 is 11.3 Å². The molecule has 3 aromatic carbocycles. The molecular formula is C24H21N3O2S. The molecule has 0 aliphatic carbocycles. The first-order chi connectivity index (χ1) is 14.7. The number of para-hydroxylation sites is 1. The molecule has 0 saturated carbocycles. The average Bonchev–Trinajstić information content (AvgIpc) is 3.20. The van der Waals surface area contributed by atoms with Gasteiger partial charge in [0, 0.05) is 6.42 Å². The van der Waals surface area contributed by atoms with Gasteiger partial charge in [-0.3, -0.25) is 10.1 Å². The predicted molar refractivity (Wildman–Crippen MR) is 119 cm³/mol. The lowest BCUT2D eigenvalue weighted by Gasteiger charge is -2.11. The fraction of sp³-hybridized carbons (Fsp3) is 0.125. The van der Waals surface area contributed by atoms with Gasteiger partial charge in [-0.05, 0) is 30.2 Å². The summed E-state index contributed by atoms with van der Waals surface area (Å²) in [4.78, 5) is 12.8. The molecular weight excluding hydrogens is 394 g/mol. The van der Waals surface area contributed by atoms with Crippen LogP contribution in [0, 0.1) is 6.92 Å². The number of amides is 1. The first-order valence-electron chi connectivity index (χ1n) is 9.62. The quantitative estimate of drug-likeness (QED) is 0.447. The SMILES string of the molecule is Cc1cccc(COc2ccccc2C(=O)Nc2nnc(Cc3ccccc3)s2)c1. The third-order valence-electron chi connectivity index (χ3n) is 4.49. The molecule has 0 unspecified atom stereocenters. The number of rotatable bonds is 7. The molecule has 30 heavy (non-hydrogen) atoms. The Kier molecular flexibility index (Phi) is 6.15. The Morgan fingerprint density at radius 3 is 2.53 bits per heavy atom. The highest BCUT2D eigenvalue weighted by atomic mass is 32.1. The van der Waals surface area contributed by atoms with E-state index >= 15 is 0 Å². The van der Waals surface area contributed by atoms with Gasteiger partial charge in [-0.25, -0.2) is 0 Å². The van der Waals surface area contributed by atoms with Crippen LogP contribution < -0.4 is 10.1 Å². The maximum absolute atomic E-state index is 12.8. The Labute approximate surface area is 179 Å². The minimum absolute atomic E-state index is 0.266. The van der Waals surface area contributed by atoms with Crippen molar-refractivity contribution in [1.29, 1.82) is 0 Å². The highest BCUT2D eigenvalue weighted by molar-refractivity contribution is 7.15. The van der Waals surface area contributed by atoms with Gasteiger partial charge in [-0.2, -0.15) is 0 Å². The maximum Gasteiger partial charge on any atom is 0.261 e. The number of carbonyl (C=O) groups is 1. The van der Waals surface area contributed by atoms with E-state index in [0.717, 1.165) is 16.1 Å². The van der Waals surface area contributed by atoms with Gasteiger partial charge in [0.15, 0.2) is 0 Å². The molecule has 5 nitrogen and oxygen atoms in total. The predicted octanol–water partition coefficient (Wildman–Crippen LogP) is 5.27. The van der Waals surface area contributed by atoms with Crippen LogP contribution in [0.15, 0.2) is 78.9 Å². The monoisotopic (exact) mass is 415 g/mol. The molecule has 0 saturated heterocycles. The first kappa shape index (κ1) is 19.8. The minimum atomic E-state index is -0.266. The second kappa shape index (κ2) is 9.33. The summed E-state index contributed by atoms with van der Waals surface area (Å²) < 4.78 is 5.93. The van der Waals surface area contributed by atoms with Crippen molar-refractivity contribution in [3.8, 4) is 5.75 Å². The van der Waals surface area contributed by atoms with E-state index in [2.05, 4.69) is 21.6 Å². The number of aryl methyl sites for hydroxylation is 1. The van der Waals surface area contributed by atoms with E-state index < -0.39 is 0 Å². The summed E-state index contributed by atoms with van der Waals surface area (Å²) in [5.74, 6) is 0.266. The number of aromatic nitrogens is 2. The maximum atomic E-state index is 12.8. The normalized spacial score (nSPS) is 10.6. The zero-order valence-corrected chi connectivity index (χ0v) is 17.4. The van der Waals surface area contributed by atoms with Crippen LogP contribution in [0.1, 0.15) is 32.1 Å². The average molecular weight is 416 g/mol. The third kappa shape index (κ3) is 5.10. The number of nitrogens with zero attached hydrogens (tertiary/aromatic N) is 2. The van der Waals surface area contributed by atoms with Crippen LogP contribution in [0.25, 0.3) is 0 Å². The van der Waals surface area contributed by atoms with Gasteiger partial charge in [0.1, 0.15) is 17.4 Å².